The third-order valence-corrected chi connectivity index (χ3v) is 0.611. The summed E-state index contributed by atoms with van der Waals surface area (Å²) in [5.74, 6) is 0. The van der Waals surface area contributed by atoms with E-state index in [2.05, 4.69) is 4.57 Å². The number of carbonyl (C=O) groups excluding carboxylic acids is 2. The quantitative estimate of drug-likeness (QED) is 0.378. The van der Waals surface area contributed by atoms with Crippen LogP contribution in [0.4, 0.5) is 9.59 Å². The minimum Gasteiger partial charge on any atom is -0.494 e. The molecular formula is C2H6B4O3. The van der Waals surface area contributed by atoms with Crippen molar-refractivity contribution in [3.05, 3.63) is 0 Å². The molecule has 0 aliphatic heterocycles. The van der Waals surface area contributed by atoms with Crippen LogP contribution in [0.2, 0.25) is 0 Å². The average Bonchev–Trinajstić information content (AvgIpc) is 1.63. The molecule has 0 N–H and O–H groups in total. The van der Waals surface area contributed by atoms with Crippen LogP contribution in [0.5, 0.6) is 0 Å². The monoisotopic (exact) mass is 122 g/mol. The molecule has 0 rings (SSSR count). The van der Waals surface area contributed by atoms with E-state index in [-0.39, 0.29) is 26.1 Å². The number of hydrogen-bond acceptors (Lipinski definition) is 3. The highest BCUT2D eigenvalue weighted by molar-refractivity contribution is 7.00. The van der Waals surface area contributed by atoms with Crippen LogP contribution in [0, 0.1) is 0 Å². The molecular weight excluding hydrogens is 115 g/mol. The fourth-order valence-electron chi connectivity index (χ4n) is 0.338. The van der Waals surface area contributed by atoms with E-state index < -0.39 is 0 Å². The van der Waals surface area contributed by atoms with E-state index >= 15 is 0 Å². The summed E-state index contributed by atoms with van der Waals surface area (Å²) in [7, 11) is 2.92. The molecule has 0 aromatic carbocycles. The summed E-state index contributed by atoms with van der Waals surface area (Å²) in [6, 6.07) is 0. The zero-order valence-corrected chi connectivity index (χ0v) is 5.64. The second kappa shape index (κ2) is 4.44. The molecule has 0 saturated carbocycles. The molecule has 0 spiro atoms. The lowest BCUT2D eigenvalue weighted by molar-refractivity contribution is 0.271. The van der Waals surface area contributed by atoms with Gasteiger partial charge in [0.15, 0.2) is 15.7 Å². The third kappa shape index (κ3) is 7.56. The van der Waals surface area contributed by atoms with Gasteiger partial charge in [0.1, 0.15) is 0 Å². The predicted molar refractivity (Wildman–Crippen MR) is 43.3 cm³/mol. The SMILES string of the molecule is BC(=O)BOBC(B)=O. The van der Waals surface area contributed by atoms with Gasteiger partial charge in [-0.15, -0.1) is 0 Å². The second-order valence-electron chi connectivity index (χ2n) is 1.90. The first-order chi connectivity index (χ1) is 4.13. The first kappa shape index (κ1) is 8.56. The van der Waals surface area contributed by atoms with Crippen LogP contribution in [0.1, 0.15) is 0 Å². The number of rotatable bonds is 4. The molecule has 0 aromatic rings. The zero-order valence-electron chi connectivity index (χ0n) is 5.64. The van der Waals surface area contributed by atoms with Crippen LogP contribution in [0.25, 0.3) is 0 Å². The van der Waals surface area contributed by atoms with Crippen LogP contribution >= 0.6 is 0 Å². The summed E-state index contributed by atoms with van der Waals surface area (Å²) in [6.45, 7) is 0. The van der Waals surface area contributed by atoms with Crippen molar-refractivity contribution in [3.63, 3.8) is 0 Å². The van der Waals surface area contributed by atoms with Gasteiger partial charge in [-0.3, -0.25) is 0 Å². The molecule has 0 amide bonds. The summed E-state index contributed by atoms with van der Waals surface area (Å²) in [5, 5.41) is 0. The largest absolute Gasteiger partial charge is 0.494 e. The van der Waals surface area contributed by atoms with Crippen molar-refractivity contribution in [1.82, 2.24) is 0 Å². The molecule has 7 heteroatoms. The van der Waals surface area contributed by atoms with Gasteiger partial charge in [-0.1, -0.05) is 0 Å². The lowest BCUT2D eigenvalue weighted by atomic mass is 9.72. The van der Waals surface area contributed by atoms with Gasteiger partial charge in [0.05, 0.1) is 11.2 Å². The summed E-state index contributed by atoms with van der Waals surface area (Å²) in [5.41, 5.74) is -0.118. The van der Waals surface area contributed by atoms with E-state index in [0.717, 1.165) is 0 Å². The van der Waals surface area contributed by atoms with Gasteiger partial charge >= 0.3 is 15.0 Å². The van der Waals surface area contributed by atoms with Crippen molar-refractivity contribution in [1.29, 1.82) is 0 Å². The predicted octanol–water partition coefficient (Wildman–Crippen LogP) is -2.79. The Balaban J connectivity index is 3.10. The van der Waals surface area contributed by atoms with Crippen LogP contribution in [0.3, 0.4) is 0 Å². The van der Waals surface area contributed by atoms with Gasteiger partial charge in [-0.25, -0.2) is 0 Å². The first-order valence-electron chi connectivity index (χ1n) is 2.69. The van der Waals surface area contributed by atoms with Crippen molar-refractivity contribution in [2.75, 3.05) is 0 Å². The fraction of sp³-hybridized carbons (Fsp3) is 0. The average molecular weight is 121 g/mol. The van der Waals surface area contributed by atoms with Gasteiger partial charge in [-0.2, -0.15) is 0 Å². The molecule has 44 valence electrons. The van der Waals surface area contributed by atoms with Crippen LogP contribution < -0.4 is 0 Å². The molecule has 0 fully saturated rings. The highest BCUT2D eigenvalue weighted by Gasteiger charge is 2.00. The summed E-state index contributed by atoms with van der Waals surface area (Å²) in [4.78, 5) is 20.4. The first-order valence-corrected chi connectivity index (χ1v) is 2.69. The Kier molecular flexibility index (Phi) is 4.22. The maximum atomic E-state index is 10.2. The molecule has 0 aliphatic carbocycles. The Bertz CT molecular complexity index is 109. The minimum atomic E-state index is -0.0590. The van der Waals surface area contributed by atoms with E-state index in [1.54, 1.807) is 0 Å². The normalized spacial score (nSPS) is 8.00. The van der Waals surface area contributed by atoms with Crippen molar-refractivity contribution in [2.24, 2.45) is 0 Å². The van der Waals surface area contributed by atoms with Gasteiger partial charge in [0.25, 0.3) is 0 Å². The van der Waals surface area contributed by atoms with Crippen LogP contribution in [0.15, 0.2) is 0 Å². The molecule has 0 saturated heterocycles. The van der Waals surface area contributed by atoms with Crippen molar-refractivity contribution < 1.29 is 14.2 Å². The molecule has 3 nitrogen and oxygen atoms in total. The third-order valence-electron chi connectivity index (χ3n) is 0.611. The summed E-state index contributed by atoms with van der Waals surface area (Å²) >= 11 is 0. The number of carbonyl (C=O) groups is 2. The lowest BCUT2D eigenvalue weighted by Crippen LogP contribution is -2.18. The van der Waals surface area contributed by atoms with Gasteiger partial charge in [0.2, 0.25) is 0 Å². The molecule has 0 heterocycles. The maximum absolute atomic E-state index is 10.2. The zero-order chi connectivity index (χ0) is 7.28. The summed E-state index contributed by atoms with van der Waals surface area (Å²) < 4.78 is 4.66. The van der Waals surface area contributed by atoms with Crippen LogP contribution in [-0.2, 0) is 4.57 Å². The lowest BCUT2D eigenvalue weighted by Gasteiger charge is -1.92. The standard InChI is InChI=1S/C2H6B4O3/c3-1(7)5-9-6-2(4)8/h5-6H,3-4H2. The Morgan fingerprint density at radius 2 is 1.44 bits per heavy atom. The van der Waals surface area contributed by atoms with Gasteiger partial charge < -0.3 is 14.2 Å². The van der Waals surface area contributed by atoms with E-state index in [0.29, 0.717) is 0 Å². The Morgan fingerprint density at radius 1 is 1.11 bits per heavy atom. The van der Waals surface area contributed by atoms with E-state index in [4.69, 9.17) is 0 Å². The Morgan fingerprint density at radius 3 is 1.67 bits per heavy atom. The molecule has 0 bridgehead atoms. The fourth-order valence-corrected chi connectivity index (χ4v) is 0.338. The molecule has 0 radical (unpaired) electrons. The van der Waals surface area contributed by atoms with Crippen molar-refractivity contribution >= 4 is 41.8 Å². The van der Waals surface area contributed by atoms with Gasteiger partial charge in [0, 0.05) is 0 Å². The summed E-state index contributed by atoms with van der Waals surface area (Å²) in [6.07, 6.45) is 0. The van der Waals surface area contributed by atoms with E-state index in [1.165, 1.54) is 15.7 Å². The van der Waals surface area contributed by atoms with E-state index in [1.807, 2.05) is 0 Å². The highest BCUT2D eigenvalue weighted by atomic mass is 16.4. The number of hydrogen-bond donors (Lipinski definition) is 0. The van der Waals surface area contributed by atoms with E-state index in [9.17, 15) is 9.59 Å². The second-order valence-corrected chi connectivity index (χ2v) is 1.90. The smallest absolute Gasteiger partial charge is 0.321 e. The Labute approximate surface area is 56.9 Å². The van der Waals surface area contributed by atoms with Crippen molar-refractivity contribution in [2.45, 2.75) is 0 Å². The molecule has 0 atom stereocenters. The Hall–Kier alpha value is -0.440. The topological polar surface area (TPSA) is 43.4 Å². The highest BCUT2D eigenvalue weighted by Crippen LogP contribution is 1.70. The molecule has 0 aliphatic rings. The van der Waals surface area contributed by atoms with Crippen LogP contribution in [-0.4, -0.2) is 41.8 Å². The molecule has 0 unspecified atom stereocenters. The molecule has 0 aromatic heterocycles. The minimum absolute atomic E-state index is 0.0412. The van der Waals surface area contributed by atoms with Gasteiger partial charge in [-0.05, 0) is 0 Å². The van der Waals surface area contributed by atoms with Crippen molar-refractivity contribution in [3.8, 4) is 0 Å². The maximum Gasteiger partial charge on any atom is 0.321 e. The molecule has 9 heavy (non-hydrogen) atoms.